The van der Waals surface area contributed by atoms with Crippen LogP contribution in [0.3, 0.4) is 0 Å². The summed E-state index contributed by atoms with van der Waals surface area (Å²) in [7, 11) is 0. The zero-order valence-electron chi connectivity index (χ0n) is 9.95. The van der Waals surface area contributed by atoms with Crippen molar-refractivity contribution in [2.24, 2.45) is 0 Å². The Morgan fingerprint density at radius 3 is 3.12 bits per heavy atom. The lowest BCUT2D eigenvalue weighted by atomic mass is 10.2. The van der Waals surface area contributed by atoms with Crippen molar-refractivity contribution < 1.29 is 9.90 Å². The second-order valence-electron chi connectivity index (χ2n) is 4.45. The van der Waals surface area contributed by atoms with Gasteiger partial charge in [-0.15, -0.1) is 11.3 Å². The summed E-state index contributed by atoms with van der Waals surface area (Å²) in [4.78, 5) is 13.3. The first-order valence-corrected chi connectivity index (χ1v) is 6.68. The summed E-state index contributed by atoms with van der Waals surface area (Å²) < 4.78 is 0. The van der Waals surface area contributed by atoms with Gasteiger partial charge in [-0.25, -0.2) is 4.79 Å². The average Bonchev–Trinajstić information content (AvgIpc) is 2.76. The fourth-order valence-corrected chi connectivity index (χ4v) is 3.35. The predicted octanol–water partition coefficient (Wildman–Crippen LogP) is 2.36. The van der Waals surface area contributed by atoms with Crippen molar-refractivity contribution in [1.82, 2.24) is 5.32 Å². The van der Waals surface area contributed by atoms with Gasteiger partial charge in [0, 0.05) is 28.9 Å². The third kappa shape index (κ3) is 3.41. The number of aryl methyl sites for hydroxylation is 2. The van der Waals surface area contributed by atoms with Crippen molar-refractivity contribution in [2.75, 3.05) is 6.54 Å². The summed E-state index contributed by atoms with van der Waals surface area (Å²) in [6, 6.07) is 2.29. The Kier molecular flexibility index (Phi) is 3.97. The van der Waals surface area contributed by atoms with Gasteiger partial charge in [0.25, 0.3) is 0 Å². The lowest BCUT2D eigenvalue weighted by molar-refractivity contribution is -0.131. The fourth-order valence-electron chi connectivity index (χ4n) is 2.12. The molecule has 1 aromatic rings. The van der Waals surface area contributed by atoms with Gasteiger partial charge in [-0.3, -0.25) is 0 Å². The Morgan fingerprint density at radius 1 is 1.59 bits per heavy atom. The first-order chi connectivity index (χ1) is 8.15. The number of carbonyl (C=O) groups is 1. The molecule has 2 rings (SSSR count). The zero-order valence-corrected chi connectivity index (χ0v) is 10.8. The van der Waals surface area contributed by atoms with Crippen LogP contribution in [0.5, 0.6) is 0 Å². The summed E-state index contributed by atoms with van der Waals surface area (Å²) in [6.45, 7) is 3.30. The van der Waals surface area contributed by atoms with Crippen molar-refractivity contribution in [3.8, 4) is 0 Å². The van der Waals surface area contributed by atoms with Gasteiger partial charge >= 0.3 is 5.97 Å². The molecule has 1 aliphatic carbocycles. The molecule has 0 radical (unpaired) electrons. The van der Waals surface area contributed by atoms with Gasteiger partial charge < -0.3 is 10.4 Å². The van der Waals surface area contributed by atoms with E-state index in [0.29, 0.717) is 6.54 Å². The number of rotatable bonds is 5. The van der Waals surface area contributed by atoms with Gasteiger partial charge in [0.05, 0.1) is 0 Å². The second kappa shape index (κ2) is 5.47. The zero-order chi connectivity index (χ0) is 12.3. The molecule has 0 amide bonds. The number of hydrogen-bond donors (Lipinski definition) is 2. The van der Waals surface area contributed by atoms with Gasteiger partial charge in [0.15, 0.2) is 0 Å². The monoisotopic (exact) mass is 251 g/mol. The number of nitrogens with one attached hydrogen (secondary N) is 1. The van der Waals surface area contributed by atoms with Crippen LogP contribution in [0.4, 0.5) is 0 Å². The molecule has 92 valence electrons. The molecular formula is C13H17NO2S. The van der Waals surface area contributed by atoms with E-state index >= 15 is 0 Å². The SMILES string of the molecule is CC(=CC(=O)O)CNCc1cc2c(s1)CCC2. The summed E-state index contributed by atoms with van der Waals surface area (Å²) >= 11 is 1.89. The minimum atomic E-state index is -0.876. The Hall–Kier alpha value is -1.13. The maximum Gasteiger partial charge on any atom is 0.328 e. The van der Waals surface area contributed by atoms with E-state index in [0.717, 1.165) is 12.1 Å². The molecule has 1 aliphatic rings. The van der Waals surface area contributed by atoms with E-state index in [-0.39, 0.29) is 0 Å². The highest BCUT2D eigenvalue weighted by Gasteiger charge is 2.14. The van der Waals surface area contributed by atoms with Crippen LogP contribution < -0.4 is 5.32 Å². The summed E-state index contributed by atoms with van der Waals surface area (Å²) in [5.74, 6) is -0.876. The molecule has 0 aromatic carbocycles. The van der Waals surface area contributed by atoms with Crippen molar-refractivity contribution in [2.45, 2.75) is 32.7 Å². The van der Waals surface area contributed by atoms with E-state index < -0.39 is 5.97 Å². The molecule has 0 spiro atoms. The Morgan fingerprint density at radius 2 is 2.41 bits per heavy atom. The van der Waals surface area contributed by atoms with Crippen LogP contribution in [0.25, 0.3) is 0 Å². The van der Waals surface area contributed by atoms with Crippen LogP contribution in [0.2, 0.25) is 0 Å². The van der Waals surface area contributed by atoms with E-state index in [1.165, 1.54) is 35.8 Å². The molecule has 0 fully saturated rings. The van der Waals surface area contributed by atoms with Crippen LogP contribution in [0.1, 0.15) is 28.7 Å². The molecule has 0 bridgehead atoms. The van der Waals surface area contributed by atoms with Gasteiger partial charge in [0.1, 0.15) is 0 Å². The van der Waals surface area contributed by atoms with Crippen molar-refractivity contribution in [1.29, 1.82) is 0 Å². The largest absolute Gasteiger partial charge is 0.478 e. The number of fused-ring (bicyclic) bond motifs is 1. The van der Waals surface area contributed by atoms with Crippen molar-refractivity contribution in [3.05, 3.63) is 33.0 Å². The number of carboxylic acid groups (broad SMARTS) is 1. The number of aliphatic carboxylic acids is 1. The lowest BCUT2D eigenvalue weighted by Gasteiger charge is -2.02. The lowest BCUT2D eigenvalue weighted by Crippen LogP contribution is -2.15. The first kappa shape index (κ1) is 12.3. The molecule has 0 saturated carbocycles. The van der Waals surface area contributed by atoms with Gasteiger partial charge in [0.2, 0.25) is 0 Å². The molecule has 0 unspecified atom stereocenters. The Labute approximate surface area is 105 Å². The van der Waals surface area contributed by atoms with Crippen LogP contribution in [-0.2, 0) is 24.2 Å². The summed E-state index contributed by atoms with van der Waals surface area (Å²) in [5, 5.41) is 11.9. The molecule has 17 heavy (non-hydrogen) atoms. The van der Waals surface area contributed by atoms with Crippen molar-refractivity contribution in [3.63, 3.8) is 0 Å². The Balaban J connectivity index is 1.80. The smallest absolute Gasteiger partial charge is 0.328 e. The van der Waals surface area contributed by atoms with Gasteiger partial charge in [-0.2, -0.15) is 0 Å². The third-order valence-corrected chi connectivity index (χ3v) is 4.11. The maximum absolute atomic E-state index is 10.4. The molecule has 4 heteroatoms. The van der Waals surface area contributed by atoms with E-state index in [1.807, 2.05) is 18.3 Å². The molecule has 2 N–H and O–H groups in total. The van der Waals surface area contributed by atoms with Crippen LogP contribution in [0, 0.1) is 0 Å². The van der Waals surface area contributed by atoms with Crippen LogP contribution in [0.15, 0.2) is 17.7 Å². The third-order valence-electron chi connectivity index (χ3n) is 2.87. The molecule has 3 nitrogen and oxygen atoms in total. The highest BCUT2D eigenvalue weighted by Crippen LogP contribution is 2.30. The summed E-state index contributed by atoms with van der Waals surface area (Å²) in [5.41, 5.74) is 2.37. The van der Waals surface area contributed by atoms with Gasteiger partial charge in [-0.05, 0) is 37.8 Å². The minimum absolute atomic E-state index is 0.634. The van der Waals surface area contributed by atoms with Crippen molar-refractivity contribution >= 4 is 17.3 Å². The molecular weight excluding hydrogens is 234 g/mol. The topological polar surface area (TPSA) is 49.3 Å². The van der Waals surface area contributed by atoms with E-state index in [2.05, 4.69) is 11.4 Å². The first-order valence-electron chi connectivity index (χ1n) is 5.86. The minimum Gasteiger partial charge on any atom is -0.478 e. The summed E-state index contributed by atoms with van der Waals surface area (Å²) in [6.07, 6.45) is 5.01. The predicted molar refractivity (Wildman–Crippen MR) is 69.4 cm³/mol. The molecule has 1 aromatic heterocycles. The highest BCUT2D eigenvalue weighted by molar-refractivity contribution is 7.12. The molecule has 1 heterocycles. The normalized spacial score (nSPS) is 15.0. The van der Waals surface area contributed by atoms with Crippen LogP contribution in [-0.4, -0.2) is 17.6 Å². The number of thiophene rings is 1. The molecule has 0 aliphatic heterocycles. The maximum atomic E-state index is 10.4. The Bertz CT molecular complexity index is 427. The molecule has 0 atom stereocenters. The van der Waals surface area contributed by atoms with E-state index in [9.17, 15) is 4.79 Å². The highest BCUT2D eigenvalue weighted by atomic mass is 32.1. The molecule has 0 saturated heterocycles. The van der Waals surface area contributed by atoms with E-state index in [4.69, 9.17) is 5.11 Å². The second-order valence-corrected chi connectivity index (χ2v) is 5.67. The van der Waals surface area contributed by atoms with E-state index in [1.54, 1.807) is 4.88 Å². The van der Waals surface area contributed by atoms with Crippen LogP contribution >= 0.6 is 11.3 Å². The number of hydrogen-bond acceptors (Lipinski definition) is 3. The van der Waals surface area contributed by atoms with Gasteiger partial charge in [-0.1, -0.05) is 5.57 Å². The quantitative estimate of drug-likeness (QED) is 0.790. The average molecular weight is 251 g/mol. The number of carboxylic acids is 1. The standard InChI is InChI=1S/C13H17NO2S/c1-9(5-13(15)16)7-14-8-11-6-10-3-2-4-12(10)17-11/h5-6,14H,2-4,7-8H2,1H3,(H,15,16). The fraction of sp³-hybridized carbons (Fsp3) is 0.462.